The van der Waals surface area contributed by atoms with Crippen LogP contribution in [0.25, 0.3) is 0 Å². The number of halogens is 2. The molecule has 1 heterocycles. The summed E-state index contributed by atoms with van der Waals surface area (Å²) in [6.07, 6.45) is 0. The summed E-state index contributed by atoms with van der Waals surface area (Å²) >= 11 is 0. The number of imide groups is 1. The Bertz CT molecular complexity index is 965. The summed E-state index contributed by atoms with van der Waals surface area (Å²) in [6, 6.07) is 10.5. The molecule has 0 saturated carbocycles. The average Bonchev–Trinajstić information content (AvgIpc) is 2.88. The average molecular weight is 401 g/mol. The van der Waals surface area contributed by atoms with Crippen LogP contribution in [0, 0.1) is 11.6 Å². The van der Waals surface area contributed by atoms with Gasteiger partial charge in [-0.1, -0.05) is 18.2 Å². The number of carbonyl (C=O) groups excluding carboxylic acids is 3. The zero-order valence-electron chi connectivity index (χ0n) is 16.3. The molecule has 0 aliphatic carbocycles. The second kappa shape index (κ2) is 7.62. The Morgan fingerprint density at radius 1 is 1.14 bits per heavy atom. The van der Waals surface area contributed by atoms with E-state index in [2.05, 4.69) is 5.32 Å². The van der Waals surface area contributed by atoms with Crippen molar-refractivity contribution >= 4 is 23.5 Å². The Morgan fingerprint density at radius 3 is 2.41 bits per heavy atom. The van der Waals surface area contributed by atoms with Gasteiger partial charge in [0.15, 0.2) is 0 Å². The van der Waals surface area contributed by atoms with E-state index in [0.717, 1.165) is 23.1 Å². The molecule has 1 fully saturated rings. The van der Waals surface area contributed by atoms with Gasteiger partial charge in [-0.25, -0.2) is 13.6 Å². The molecule has 0 unspecified atom stereocenters. The fourth-order valence-corrected chi connectivity index (χ4v) is 3.43. The molecule has 1 aliphatic rings. The quantitative estimate of drug-likeness (QED) is 0.783. The fourth-order valence-electron chi connectivity index (χ4n) is 3.43. The number of rotatable bonds is 5. The van der Waals surface area contributed by atoms with Crippen LogP contribution in [0.3, 0.4) is 0 Å². The molecular weight excluding hydrogens is 380 g/mol. The van der Waals surface area contributed by atoms with Gasteiger partial charge in [-0.3, -0.25) is 14.5 Å². The lowest BCUT2D eigenvalue weighted by atomic mass is 9.91. The van der Waals surface area contributed by atoms with Gasteiger partial charge in [0.1, 0.15) is 23.7 Å². The van der Waals surface area contributed by atoms with Gasteiger partial charge in [-0.2, -0.15) is 0 Å². The van der Waals surface area contributed by atoms with Crippen molar-refractivity contribution < 1.29 is 23.2 Å². The van der Waals surface area contributed by atoms with E-state index >= 15 is 0 Å². The van der Waals surface area contributed by atoms with Crippen LogP contribution in [0.15, 0.2) is 48.5 Å². The van der Waals surface area contributed by atoms with Crippen molar-refractivity contribution in [2.45, 2.75) is 32.4 Å². The van der Waals surface area contributed by atoms with Gasteiger partial charge >= 0.3 is 6.03 Å². The van der Waals surface area contributed by atoms with Gasteiger partial charge in [0.2, 0.25) is 5.91 Å². The highest BCUT2D eigenvalue weighted by molar-refractivity contribution is 6.10. The number of nitrogens with zero attached hydrogens (tertiary/aromatic N) is 2. The first-order valence-electron chi connectivity index (χ1n) is 9.12. The number of para-hydroxylation sites is 1. The van der Waals surface area contributed by atoms with Crippen LogP contribution in [0.2, 0.25) is 0 Å². The van der Waals surface area contributed by atoms with Gasteiger partial charge in [0.25, 0.3) is 5.91 Å². The Morgan fingerprint density at radius 2 is 1.79 bits per heavy atom. The lowest BCUT2D eigenvalue weighted by Gasteiger charge is -2.28. The summed E-state index contributed by atoms with van der Waals surface area (Å²) in [7, 11) is 0. The van der Waals surface area contributed by atoms with Crippen molar-refractivity contribution in [2.24, 2.45) is 0 Å². The topological polar surface area (TPSA) is 69.7 Å². The molecule has 8 heteroatoms. The molecule has 1 saturated heterocycles. The zero-order valence-corrected chi connectivity index (χ0v) is 16.3. The summed E-state index contributed by atoms with van der Waals surface area (Å²) in [5.74, 6) is -2.87. The minimum Gasteiger partial charge on any atom is -0.319 e. The monoisotopic (exact) mass is 401 g/mol. The molecule has 2 aromatic carbocycles. The first kappa shape index (κ1) is 20.4. The van der Waals surface area contributed by atoms with Crippen molar-refractivity contribution in [1.29, 1.82) is 0 Å². The molecule has 2 aromatic rings. The molecule has 1 atom stereocenters. The number of amides is 4. The van der Waals surface area contributed by atoms with Crippen molar-refractivity contribution in [3.8, 4) is 0 Å². The summed E-state index contributed by atoms with van der Waals surface area (Å²) in [5.41, 5.74) is -1.48. The molecule has 4 amide bonds. The minimum atomic E-state index is -1.81. The molecule has 1 aliphatic heterocycles. The third kappa shape index (κ3) is 3.70. The highest BCUT2D eigenvalue weighted by atomic mass is 19.1. The van der Waals surface area contributed by atoms with E-state index in [0.29, 0.717) is 5.69 Å². The third-order valence-corrected chi connectivity index (χ3v) is 4.85. The van der Waals surface area contributed by atoms with Crippen molar-refractivity contribution in [2.75, 3.05) is 11.4 Å². The standard InChI is InChI=1S/C21H21F2N3O3/c1-13(2)26(15-7-5-4-6-8-15)18(27)12-25-19(28)21(3,24-20(25)29)16-11-14(22)9-10-17(16)23/h4-11,13H,12H2,1-3H3,(H,24,29)/t21-/m0/s1. The third-order valence-electron chi connectivity index (χ3n) is 4.85. The molecule has 6 nitrogen and oxygen atoms in total. The molecule has 0 aromatic heterocycles. The number of hydrogen-bond acceptors (Lipinski definition) is 3. The highest BCUT2D eigenvalue weighted by Crippen LogP contribution is 2.31. The van der Waals surface area contributed by atoms with E-state index in [9.17, 15) is 23.2 Å². The number of benzene rings is 2. The first-order valence-corrected chi connectivity index (χ1v) is 9.12. The van der Waals surface area contributed by atoms with E-state index in [1.165, 1.54) is 11.8 Å². The van der Waals surface area contributed by atoms with E-state index < -0.39 is 41.6 Å². The predicted octanol–water partition coefficient (Wildman–Crippen LogP) is 3.17. The zero-order chi connectivity index (χ0) is 21.3. The Balaban J connectivity index is 1.88. The predicted molar refractivity (Wildman–Crippen MR) is 103 cm³/mol. The van der Waals surface area contributed by atoms with Crippen LogP contribution in [0.5, 0.6) is 0 Å². The van der Waals surface area contributed by atoms with Crippen LogP contribution in [-0.2, 0) is 15.1 Å². The molecule has 1 N–H and O–H groups in total. The molecule has 0 spiro atoms. The summed E-state index contributed by atoms with van der Waals surface area (Å²) in [5, 5.41) is 2.39. The van der Waals surface area contributed by atoms with E-state index in [1.807, 2.05) is 19.9 Å². The largest absolute Gasteiger partial charge is 0.325 e. The lowest BCUT2D eigenvalue weighted by Crippen LogP contribution is -2.47. The maximum absolute atomic E-state index is 14.2. The normalized spacial score (nSPS) is 18.9. The number of urea groups is 1. The van der Waals surface area contributed by atoms with Crippen LogP contribution in [0.4, 0.5) is 19.3 Å². The van der Waals surface area contributed by atoms with Crippen LogP contribution < -0.4 is 10.2 Å². The molecule has 152 valence electrons. The smallest absolute Gasteiger partial charge is 0.319 e. The number of anilines is 1. The Labute approximate surface area is 167 Å². The lowest BCUT2D eigenvalue weighted by molar-refractivity contribution is -0.134. The molecule has 0 radical (unpaired) electrons. The highest BCUT2D eigenvalue weighted by Gasteiger charge is 2.51. The van der Waals surface area contributed by atoms with E-state index in [4.69, 9.17) is 0 Å². The number of nitrogens with one attached hydrogen (secondary N) is 1. The summed E-state index contributed by atoms with van der Waals surface area (Å²) < 4.78 is 27.9. The Kier molecular flexibility index (Phi) is 5.37. The maximum atomic E-state index is 14.2. The van der Waals surface area contributed by atoms with E-state index in [-0.39, 0.29) is 11.6 Å². The van der Waals surface area contributed by atoms with Gasteiger partial charge in [-0.05, 0) is 51.1 Å². The van der Waals surface area contributed by atoms with Gasteiger partial charge in [-0.15, -0.1) is 0 Å². The second-order valence-corrected chi connectivity index (χ2v) is 7.26. The fraction of sp³-hybridized carbons (Fsp3) is 0.286. The minimum absolute atomic E-state index is 0.224. The SMILES string of the molecule is CC(C)N(C(=O)CN1C(=O)N[C@@](C)(c2cc(F)ccc2F)C1=O)c1ccccc1. The van der Waals surface area contributed by atoms with Crippen molar-refractivity contribution in [1.82, 2.24) is 10.2 Å². The number of carbonyl (C=O) groups is 3. The van der Waals surface area contributed by atoms with Crippen LogP contribution in [-0.4, -0.2) is 35.3 Å². The maximum Gasteiger partial charge on any atom is 0.325 e. The second-order valence-electron chi connectivity index (χ2n) is 7.26. The molecule has 3 rings (SSSR count). The first-order chi connectivity index (χ1) is 13.6. The van der Waals surface area contributed by atoms with E-state index in [1.54, 1.807) is 24.3 Å². The molecular formula is C21H21F2N3O3. The molecule has 0 bridgehead atoms. The van der Waals surface area contributed by atoms with Crippen molar-refractivity contribution in [3.05, 3.63) is 65.7 Å². The van der Waals surface area contributed by atoms with Gasteiger partial charge in [0, 0.05) is 17.3 Å². The van der Waals surface area contributed by atoms with Gasteiger partial charge in [0.05, 0.1) is 0 Å². The van der Waals surface area contributed by atoms with Gasteiger partial charge < -0.3 is 10.2 Å². The summed E-state index contributed by atoms with van der Waals surface area (Å²) in [4.78, 5) is 40.5. The van der Waals surface area contributed by atoms with Crippen LogP contribution >= 0.6 is 0 Å². The van der Waals surface area contributed by atoms with Crippen LogP contribution in [0.1, 0.15) is 26.3 Å². The molecule has 29 heavy (non-hydrogen) atoms. The number of hydrogen-bond donors (Lipinski definition) is 1. The Hall–Kier alpha value is -3.29. The van der Waals surface area contributed by atoms with Crippen molar-refractivity contribution in [3.63, 3.8) is 0 Å². The summed E-state index contributed by atoms with van der Waals surface area (Å²) in [6.45, 7) is 4.38.